The molecule has 2 N–H and O–H groups in total. The molecular formula is C20H21N3O4. The molecule has 1 saturated heterocycles. The van der Waals surface area contributed by atoms with Crippen LogP contribution >= 0.6 is 0 Å². The minimum Gasteiger partial charge on any atom is -0.484 e. The number of para-hydroxylation sites is 1. The Morgan fingerprint density at radius 2 is 1.89 bits per heavy atom. The second kappa shape index (κ2) is 8.01. The van der Waals surface area contributed by atoms with E-state index in [-0.39, 0.29) is 18.9 Å². The van der Waals surface area contributed by atoms with Crippen molar-refractivity contribution in [3.8, 4) is 5.75 Å². The van der Waals surface area contributed by atoms with Crippen LogP contribution in [0.3, 0.4) is 0 Å². The van der Waals surface area contributed by atoms with Gasteiger partial charge in [0.05, 0.1) is 12.1 Å². The number of benzene rings is 2. The van der Waals surface area contributed by atoms with Crippen molar-refractivity contribution in [3.05, 3.63) is 59.7 Å². The third-order valence-corrected chi connectivity index (χ3v) is 4.24. The molecule has 0 spiro atoms. The molecule has 140 valence electrons. The number of imide groups is 1. The van der Waals surface area contributed by atoms with Crippen LogP contribution in [0.15, 0.2) is 48.5 Å². The SMILES string of the molecule is Cc1ccc(N2C(=O)CC(NNC(=O)COc3ccccc3)C2=O)c(C)c1. The zero-order chi connectivity index (χ0) is 19.4. The molecule has 1 unspecified atom stereocenters. The van der Waals surface area contributed by atoms with E-state index in [2.05, 4.69) is 10.9 Å². The zero-order valence-electron chi connectivity index (χ0n) is 15.2. The highest BCUT2D eigenvalue weighted by Crippen LogP contribution is 2.26. The number of amides is 3. The molecule has 1 atom stereocenters. The molecule has 2 aromatic rings. The fourth-order valence-corrected chi connectivity index (χ4v) is 2.92. The number of carbonyl (C=O) groups is 3. The summed E-state index contributed by atoms with van der Waals surface area (Å²) >= 11 is 0. The van der Waals surface area contributed by atoms with Gasteiger partial charge in [0.25, 0.3) is 11.8 Å². The first-order valence-electron chi connectivity index (χ1n) is 8.62. The minimum absolute atomic E-state index is 0.0219. The van der Waals surface area contributed by atoms with Gasteiger partial charge in [0.2, 0.25) is 5.91 Å². The highest BCUT2D eigenvalue weighted by atomic mass is 16.5. The molecule has 27 heavy (non-hydrogen) atoms. The number of hydrogen-bond donors (Lipinski definition) is 2. The van der Waals surface area contributed by atoms with Crippen molar-refractivity contribution in [1.29, 1.82) is 0 Å². The summed E-state index contributed by atoms with van der Waals surface area (Å²) in [6.07, 6.45) is -0.0219. The first-order chi connectivity index (χ1) is 13.0. The van der Waals surface area contributed by atoms with Gasteiger partial charge in [0.15, 0.2) is 6.61 Å². The van der Waals surface area contributed by atoms with Crippen LogP contribution in [0.1, 0.15) is 17.5 Å². The number of nitrogens with zero attached hydrogens (tertiary/aromatic N) is 1. The number of aryl methyl sites for hydroxylation is 2. The minimum atomic E-state index is -0.807. The molecule has 3 amide bonds. The van der Waals surface area contributed by atoms with Crippen molar-refractivity contribution in [2.45, 2.75) is 26.3 Å². The summed E-state index contributed by atoms with van der Waals surface area (Å²) in [7, 11) is 0. The summed E-state index contributed by atoms with van der Waals surface area (Å²) in [6, 6.07) is 13.6. The Balaban J connectivity index is 1.56. The molecule has 0 aromatic heterocycles. The van der Waals surface area contributed by atoms with Gasteiger partial charge in [-0.25, -0.2) is 10.3 Å². The Labute approximate surface area is 157 Å². The predicted molar refractivity (Wildman–Crippen MR) is 100 cm³/mol. The molecular weight excluding hydrogens is 346 g/mol. The lowest BCUT2D eigenvalue weighted by molar-refractivity contribution is -0.125. The molecule has 7 nitrogen and oxygen atoms in total. The first-order valence-corrected chi connectivity index (χ1v) is 8.62. The third-order valence-electron chi connectivity index (χ3n) is 4.24. The van der Waals surface area contributed by atoms with Crippen LogP contribution in [0.2, 0.25) is 0 Å². The summed E-state index contributed by atoms with van der Waals surface area (Å²) in [5, 5.41) is 0. The first kappa shape index (κ1) is 18.6. The fraction of sp³-hybridized carbons (Fsp3) is 0.250. The number of hydrazine groups is 1. The molecule has 0 bridgehead atoms. The van der Waals surface area contributed by atoms with Gasteiger partial charge in [-0.1, -0.05) is 35.9 Å². The molecule has 2 aromatic carbocycles. The van der Waals surface area contributed by atoms with Gasteiger partial charge in [-0.2, -0.15) is 0 Å². The lowest BCUT2D eigenvalue weighted by Gasteiger charge is -2.18. The maximum atomic E-state index is 12.6. The van der Waals surface area contributed by atoms with E-state index in [1.165, 1.54) is 4.90 Å². The second-order valence-electron chi connectivity index (χ2n) is 6.41. The van der Waals surface area contributed by atoms with Crippen LogP contribution in [0, 0.1) is 13.8 Å². The summed E-state index contributed by atoms with van der Waals surface area (Å²) in [5.41, 5.74) is 7.53. The van der Waals surface area contributed by atoms with E-state index in [1.54, 1.807) is 30.3 Å². The summed E-state index contributed by atoms with van der Waals surface area (Å²) < 4.78 is 5.33. The molecule has 0 radical (unpaired) electrons. The van der Waals surface area contributed by atoms with Gasteiger partial charge in [-0.3, -0.25) is 19.8 Å². The maximum absolute atomic E-state index is 12.6. The van der Waals surface area contributed by atoms with Crippen LogP contribution in [-0.4, -0.2) is 30.4 Å². The molecule has 0 aliphatic carbocycles. The Hall–Kier alpha value is -3.19. The van der Waals surface area contributed by atoms with E-state index >= 15 is 0 Å². The molecule has 1 heterocycles. The van der Waals surface area contributed by atoms with Crippen molar-refractivity contribution in [2.75, 3.05) is 11.5 Å². The number of nitrogens with one attached hydrogen (secondary N) is 2. The number of anilines is 1. The Kier molecular flexibility index (Phi) is 5.52. The third kappa shape index (κ3) is 4.32. The van der Waals surface area contributed by atoms with Gasteiger partial charge in [0.1, 0.15) is 11.8 Å². The Morgan fingerprint density at radius 3 is 2.59 bits per heavy atom. The highest BCUT2D eigenvalue weighted by molar-refractivity contribution is 6.22. The predicted octanol–water partition coefficient (Wildman–Crippen LogP) is 1.64. The van der Waals surface area contributed by atoms with E-state index < -0.39 is 17.9 Å². The number of carbonyl (C=O) groups excluding carboxylic acids is 3. The highest BCUT2D eigenvalue weighted by Gasteiger charge is 2.40. The molecule has 3 rings (SSSR count). The normalized spacial score (nSPS) is 16.5. The van der Waals surface area contributed by atoms with E-state index in [4.69, 9.17) is 4.74 Å². The lowest BCUT2D eigenvalue weighted by Crippen LogP contribution is -2.49. The van der Waals surface area contributed by atoms with Crippen molar-refractivity contribution >= 4 is 23.4 Å². The van der Waals surface area contributed by atoms with Crippen LogP contribution < -0.4 is 20.5 Å². The molecule has 0 saturated carbocycles. The lowest BCUT2D eigenvalue weighted by atomic mass is 10.1. The monoisotopic (exact) mass is 367 g/mol. The summed E-state index contributed by atoms with van der Waals surface area (Å²) in [6.45, 7) is 3.60. The number of ether oxygens (including phenoxy) is 1. The van der Waals surface area contributed by atoms with Crippen LogP contribution in [-0.2, 0) is 14.4 Å². The van der Waals surface area contributed by atoms with E-state index in [0.29, 0.717) is 11.4 Å². The topological polar surface area (TPSA) is 87.7 Å². The molecule has 1 fully saturated rings. The van der Waals surface area contributed by atoms with Crippen molar-refractivity contribution in [3.63, 3.8) is 0 Å². The summed E-state index contributed by atoms with van der Waals surface area (Å²) in [5.74, 6) is -0.569. The van der Waals surface area contributed by atoms with Crippen LogP contribution in [0.4, 0.5) is 5.69 Å². The van der Waals surface area contributed by atoms with Gasteiger partial charge in [0, 0.05) is 0 Å². The molecule has 1 aliphatic heterocycles. The van der Waals surface area contributed by atoms with Gasteiger partial charge in [-0.05, 0) is 37.6 Å². The number of hydrogen-bond acceptors (Lipinski definition) is 5. The van der Waals surface area contributed by atoms with Gasteiger partial charge in [-0.15, -0.1) is 0 Å². The van der Waals surface area contributed by atoms with Crippen molar-refractivity contribution in [2.24, 2.45) is 0 Å². The smallest absolute Gasteiger partial charge is 0.272 e. The van der Waals surface area contributed by atoms with Crippen LogP contribution in [0.25, 0.3) is 0 Å². The quantitative estimate of drug-likeness (QED) is 0.599. The van der Waals surface area contributed by atoms with Gasteiger partial charge < -0.3 is 4.74 Å². The average molecular weight is 367 g/mol. The average Bonchev–Trinajstić information content (AvgIpc) is 2.93. The Bertz CT molecular complexity index is 867. The van der Waals surface area contributed by atoms with Crippen LogP contribution in [0.5, 0.6) is 5.75 Å². The Morgan fingerprint density at radius 1 is 1.15 bits per heavy atom. The zero-order valence-corrected chi connectivity index (χ0v) is 15.2. The maximum Gasteiger partial charge on any atom is 0.272 e. The standard InChI is InChI=1S/C20H21N3O4/c1-13-8-9-17(14(2)10-13)23-19(25)11-16(20(23)26)21-22-18(24)12-27-15-6-4-3-5-7-15/h3-10,16,21H,11-12H2,1-2H3,(H,22,24). The van der Waals surface area contributed by atoms with E-state index in [9.17, 15) is 14.4 Å². The second-order valence-corrected chi connectivity index (χ2v) is 6.41. The van der Waals surface area contributed by atoms with Gasteiger partial charge >= 0.3 is 0 Å². The molecule has 1 aliphatic rings. The summed E-state index contributed by atoms with van der Waals surface area (Å²) in [4.78, 5) is 38.0. The van der Waals surface area contributed by atoms with Crippen molar-refractivity contribution in [1.82, 2.24) is 10.9 Å². The van der Waals surface area contributed by atoms with Crippen molar-refractivity contribution < 1.29 is 19.1 Å². The fourth-order valence-electron chi connectivity index (χ4n) is 2.92. The van der Waals surface area contributed by atoms with E-state index in [1.807, 2.05) is 32.0 Å². The molecule has 7 heteroatoms. The van der Waals surface area contributed by atoms with E-state index in [0.717, 1.165) is 11.1 Å². The number of rotatable bonds is 6. The largest absolute Gasteiger partial charge is 0.484 e.